The highest BCUT2D eigenvalue weighted by Crippen LogP contribution is 2.16. The fourth-order valence-electron chi connectivity index (χ4n) is 2.34. The van der Waals surface area contributed by atoms with Gasteiger partial charge in [0.1, 0.15) is 11.4 Å². The zero-order valence-corrected chi connectivity index (χ0v) is 13.1. The highest BCUT2D eigenvalue weighted by atomic mass is 19.1. The first-order chi connectivity index (χ1) is 10.3. The van der Waals surface area contributed by atoms with Gasteiger partial charge in [-0.15, -0.1) is 0 Å². The molecule has 1 aliphatic rings. The predicted molar refractivity (Wildman–Crippen MR) is 80.1 cm³/mol. The van der Waals surface area contributed by atoms with Gasteiger partial charge in [0.25, 0.3) is 5.91 Å². The maximum Gasteiger partial charge on any atom is 0.407 e. The van der Waals surface area contributed by atoms with E-state index in [4.69, 9.17) is 4.74 Å². The summed E-state index contributed by atoms with van der Waals surface area (Å²) in [6, 6.07) is 5.73. The largest absolute Gasteiger partial charge is 0.444 e. The Labute approximate surface area is 129 Å². The van der Waals surface area contributed by atoms with Crippen LogP contribution in [0.15, 0.2) is 24.3 Å². The number of halogens is 1. The molecule has 1 aromatic carbocycles. The molecule has 0 saturated carbocycles. The highest BCUT2D eigenvalue weighted by molar-refractivity contribution is 5.94. The lowest BCUT2D eigenvalue weighted by Crippen LogP contribution is -2.41. The molecule has 1 saturated heterocycles. The summed E-state index contributed by atoms with van der Waals surface area (Å²) in [4.78, 5) is 25.5. The van der Waals surface area contributed by atoms with Gasteiger partial charge in [0.05, 0.1) is 11.6 Å². The van der Waals surface area contributed by atoms with E-state index in [0.29, 0.717) is 19.5 Å². The van der Waals surface area contributed by atoms with E-state index in [0.717, 1.165) is 0 Å². The van der Waals surface area contributed by atoms with Gasteiger partial charge in [-0.1, -0.05) is 12.1 Å². The Hall–Kier alpha value is -2.11. The molecule has 1 heterocycles. The van der Waals surface area contributed by atoms with Gasteiger partial charge in [0.15, 0.2) is 0 Å². The number of rotatable bonds is 2. The fourth-order valence-corrected chi connectivity index (χ4v) is 2.34. The number of hydrogen-bond acceptors (Lipinski definition) is 3. The third-order valence-corrected chi connectivity index (χ3v) is 3.30. The number of likely N-dealkylation sites (tertiary alicyclic amines) is 1. The summed E-state index contributed by atoms with van der Waals surface area (Å²) in [7, 11) is 0. The first-order valence-electron chi connectivity index (χ1n) is 7.29. The van der Waals surface area contributed by atoms with Crippen LogP contribution in [0.25, 0.3) is 0 Å². The molecule has 1 aliphatic heterocycles. The molecule has 0 bridgehead atoms. The Morgan fingerprint density at radius 3 is 2.64 bits per heavy atom. The molecule has 0 unspecified atom stereocenters. The molecule has 0 aromatic heterocycles. The highest BCUT2D eigenvalue weighted by Gasteiger charge is 2.30. The first kappa shape index (κ1) is 16.3. The lowest BCUT2D eigenvalue weighted by Gasteiger charge is -2.22. The van der Waals surface area contributed by atoms with Crippen LogP contribution in [-0.2, 0) is 4.74 Å². The summed E-state index contributed by atoms with van der Waals surface area (Å²) in [6.07, 6.45) is 0.122. The van der Waals surface area contributed by atoms with Gasteiger partial charge in [0, 0.05) is 13.1 Å². The molecule has 0 radical (unpaired) electrons. The fraction of sp³-hybridized carbons (Fsp3) is 0.500. The van der Waals surface area contributed by atoms with Crippen molar-refractivity contribution in [3.8, 4) is 0 Å². The van der Waals surface area contributed by atoms with Crippen molar-refractivity contribution in [1.82, 2.24) is 10.2 Å². The smallest absolute Gasteiger partial charge is 0.407 e. The van der Waals surface area contributed by atoms with Gasteiger partial charge < -0.3 is 15.0 Å². The van der Waals surface area contributed by atoms with Crippen molar-refractivity contribution in [2.45, 2.75) is 38.8 Å². The normalized spacial score (nSPS) is 18.2. The number of benzene rings is 1. The van der Waals surface area contributed by atoms with Crippen molar-refractivity contribution in [1.29, 1.82) is 0 Å². The van der Waals surface area contributed by atoms with E-state index >= 15 is 0 Å². The van der Waals surface area contributed by atoms with Gasteiger partial charge in [0.2, 0.25) is 0 Å². The number of ether oxygens (including phenoxy) is 1. The molecule has 22 heavy (non-hydrogen) atoms. The van der Waals surface area contributed by atoms with Crippen molar-refractivity contribution in [2.75, 3.05) is 13.1 Å². The maximum absolute atomic E-state index is 13.6. The van der Waals surface area contributed by atoms with Crippen LogP contribution >= 0.6 is 0 Å². The molecule has 0 aliphatic carbocycles. The second-order valence-corrected chi connectivity index (χ2v) is 6.36. The molecule has 6 heteroatoms. The van der Waals surface area contributed by atoms with Crippen molar-refractivity contribution in [2.24, 2.45) is 0 Å². The Balaban J connectivity index is 1.92. The maximum atomic E-state index is 13.6. The standard InChI is InChI=1S/C16H21FN2O3/c1-16(2,3)22-15(21)18-11-8-9-19(10-11)14(20)12-6-4-5-7-13(12)17/h4-7,11H,8-10H2,1-3H3,(H,18,21)/t11-/m0/s1. The lowest BCUT2D eigenvalue weighted by molar-refractivity contribution is 0.0502. The van der Waals surface area contributed by atoms with Crippen molar-refractivity contribution in [3.05, 3.63) is 35.6 Å². The quantitative estimate of drug-likeness (QED) is 0.913. The van der Waals surface area contributed by atoms with Crippen molar-refractivity contribution in [3.63, 3.8) is 0 Å². The molecule has 1 N–H and O–H groups in total. The zero-order valence-electron chi connectivity index (χ0n) is 13.1. The number of alkyl carbamates (subject to hydrolysis) is 1. The third-order valence-electron chi connectivity index (χ3n) is 3.30. The average Bonchev–Trinajstić information content (AvgIpc) is 2.84. The van der Waals surface area contributed by atoms with Gasteiger partial charge in [-0.3, -0.25) is 4.79 Å². The predicted octanol–water partition coefficient (Wildman–Crippen LogP) is 2.56. The van der Waals surface area contributed by atoms with E-state index in [1.54, 1.807) is 37.8 Å². The summed E-state index contributed by atoms with van der Waals surface area (Å²) in [5, 5.41) is 2.74. The van der Waals surface area contributed by atoms with Crippen LogP contribution in [0.5, 0.6) is 0 Å². The Kier molecular flexibility index (Phi) is 4.68. The Bertz CT molecular complexity index is 569. The van der Waals surface area contributed by atoms with Gasteiger partial charge in [-0.2, -0.15) is 0 Å². The number of carbonyl (C=O) groups excluding carboxylic acids is 2. The van der Waals surface area contributed by atoms with E-state index in [2.05, 4.69) is 5.32 Å². The minimum atomic E-state index is -0.564. The van der Waals surface area contributed by atoms with Crippen LogP contribution in [-0.4, -0.2) is 41.6 Å². The number of nitrogens with zero attached hydrogens (tertiary/aromatic N) is 1. The SMILES string of the molecule is CC(C)(C)OC(=O)N[C@H]1CCN(C(=O)c2ccccc2F)C1. The molecule has 5 nitrogen and oxygen atoms in total. The van der Waals surface area contributed by atoms with Crippen LogP contribution in [0.1, 0.15) is 37.6 Å². The minimum absolute atomic E-state index is 0.0559. The minimum Gasteiger partial charge on any atom is -0.444 e. The number of amides is 2. The number of carbonyl (C=O) groups is 2. The Morgan fingerprint density at radius 1 is 1.32 bits per heavy atom. The van der Waals surface area contributed by atoms with E-state index < -0.39 is 17.5 Å². The van der Waals surface area contributed by atoms with E-state index in [1.165, 1.54) is 12.1 Å². The topological polar surface area (TPSA) is 58.6 Å². The molecule has 120 valence electrons. The number of hydrogen-bond donors (Lipinski definition) is 1. The summed E-state index contributed by atoms with van der Waals surface area (Å²) >= 11 is 0. The van der Waals surface area contributed by atoms with Gasteiger partial charge in [-0.25, -0.2) is 9.18 Å². The molecular formula is C16H21FN2O3. The second-order valence-electron chi connectivity index (χ2n) is 6.36. The van der Waals surface area contributed by atoms with Crippen molar-refractivity contribution >= 4 is 12.0 Å². The lowest BCUT2D eigenvalue weighted by atomic mass is 10.2. The summed E-state index contributed by atoms with van der Waals surface area (Å²) < 4.78 is 18.8. The molecule has 1 atom stereocenters. The first-order valence-corrected chi connectivity index (χ1v) is 7.29. The average molecular weight is 308 g/mol. The molecule has 2 amide bonds. The van der Waals surface area contributed by atoms with Crippen LogP contribution < -0.4 is 5.32 Å². The summed E-state index contributed by atoms with van der Waals surface area (Å²) in [5.41, 5.74) is -0.508. The van der Waals surface area contributed by atoms with Crippen LogP contribution in [0, 0.1) is 5.82 Å². The van der Waals surface area contributed by atoms with Gasteiger partial charge in [-0.05, 0) is 39.3 Å². The van der Waals surface area contributed by atoms with Crippen molar-refractivity contribution < 1.29 is 18.7 Å². The van der Waals surface area contributed by atoms with E-state index in [1.807, 2.05) is 0 Å². The van der Waals surface area contributed by atoms with E-state index in [-0.39, 0.29) is 17.5 Å². The second kappa shape index (κ2) is 6.34. The monoisotopic (exact) mass is 308 g/mol. The Morgan fingerprint density at radius 2 is 2.00 bits per heavy atom. The van der Waals surface area contributed by atoms with Crippen LogP contribution in [0.2, 0.25) is 0 Å². The summed E-state index contributed by atoms with van der Waals surface area (Å²) in [5.74, 6) is -0.886. The van der Waals surface area contributed by atoms with E-state index in [9.17, 15) is 14.0 Å². The number of nitrogens with one attached hydrogen (secondary N) is 1. The third kappa shape index (κ3) is 4.19. The zero-order chi connectivity index (χ0) is 16.3. The molecule has 0 spiro atoms. The molecule has 2 rings (SSSR count). The summed E-state index contributed by atoms with van der Waals surface area (Å²) in [6.45, 7) is 6.19. The molecule has 1 fully saturated rings. The van der Waals surface area contributed by atoms with Crippen LogP contribution in [0.4, 0.5) is 9.18 Å². The van der Waals surface area contributed by atoms with Gasteiger partial charge >= 0.3 is 6.09 Å². The molecule has 1 aromatic rings. The van der Waals surface area contributed by atoms with Crippen LogP contribution in [0.3, 0.4) is 0 Å². The molecular weight excluding hydrogens is 287 g/mol.